The monoisotopic (exact) mass is 429 g/mol. The summed E-state index contributed by atoms with van der Waals surface area (Å²) in [6.07, 6.45) is 0.208. The van der Waals surface area contributed by atoms with Gasteiger partial charge in [0, 0.05) is 18.1 Å². The Labute approximate surface area is 186 Å². The molecule has 0 aliphatic heterocycles. The van der Waals surface area contributed by atoms with Crippen LogP contribution in [0.1, 0.15) is 18.2 Å². The van der Waals surface area contributed by atoms with E-state index in [1.54, 1.807) is 43.3 Å². The van der Waals surface area contributed by atoms with E-state index < -0.39 is 11.6 Å². The molecule has 0 fully saturated rings. The fourth-order valence-corrected chi connectivity index (χ4v) is 3.28. The van der Waals surface area contributed by atoms with Gasteiger partial charge in [-0.3, -0.25) is 0 Å². The van der Waals surface area contributed by atoms with Crippen molar-refractivity contribution in [3.8, 4) is 22.8 Å². The number of carbonyl (C=O) groups is 1. The summed E-state index contributed by atoms with van der Waals surface area (Å²) in [4.78, 5) is 11.9. The zero-order valence-corrected chi connectivity index (χ0v) is 17.6. The minimum absolute atomic E-state index is 0.208. The van der Waals surface area contributed by atoms with Gasteiger partial charge in [0.25, 0.3) is 0 Å². The number of para-hydroxylation sites is 1. The molecule has 0 bridgehead atoms. The van der Waals surface area contributed by atoms with Crippen LogP contribution in [0.5, 0.6) is 11.5 Å². The van der Waals surface area contributed by atoms with Crippen LogP contribution >= 0.6 is 0 Å². The Bertz CT molecular complexity index is 1160. The minimum Gasteiger partial charge on any atom is -0.486 e. The number of nitrogens with zero attached hydrogens (tertiary/aromatic N) is 1. The molecule has 32 heavy (non-hydrogen) atoms. The predicted octanol–water partition coefficient (Wildman–Crippen LogP) is 5.39. The van der Waals surface area contributed by atoms with Crippen molar-refractivity contribution in [3.05, 3.63) is 102 Å². The van der Waals surface area contributed by atoms with Crippen molar-refractivity contribution in [2.75, 3.05) is 0 Å². The Morgan fingerprint density at radius 1 is 0.938 bits per heavy atom. The minimum atomic E-state index is -1.39. The van der Waals surface area contributed by atoms with E-state index in [-0.39, 0.29) is 13.0 Å². The van der Waals surface area contributed by atoms with Gasteiger partial charge in [-0.2, -0.15) is 0 Å². The molecular formula is C26H23NO5. The Morgan fingerprint density at radius 3 is 2.25 bits per heavy atom. The molecule has 0 amide bonds. The highest BCUT2D eigenvalue weighted by molar-refractivity contribution is 5.78. The van der Waals surface area contributed by atoms with Gasteiger partial charge in [0.15, 0.2) is 5.76 Å². The number of aromatic nitrogens is 1. The maximum atomic E-state index is 11.9. The standard InChI is InChI=1S/C26H23NO5/c1-26(25(28)29,31-22-10-6-3-7-11-22)17-19-12-14-21(15-13-19)30-18-23-16-24(27-32-23)20-8-4-2-5-9-20/h2-16H,17-18H2,1H3,(H,28,29). The molecule has 1 unspecified atom stereocenters. The maximum Gasteiger partial charge on any atom is 0.348 e. The fraction of sp³-hybridized carbons (Fsp3) is 0.154. The number of hydrogen-bond acceptors (Lipinski definition) is 5. The van der Waals surface area contributed by atoms with Crippen molar-refractivity contribution in [1.82, 2.24) is 5.16 Å². The molecule has 0 saturated carbocycles. The van der Waals surface area contributed by atoms with Crippen LogP contribution in [0.2, 0.25) is 0 Å². The average molecular weight is 429 g/mol. The number of ether oxygens (including phenoxy) is 2. The molecule has 162 valence electrons. The second kappa shape index (κ2) is 9.39. The van der Waals surface area contributed by atoms with Crippen molar-refractivity contribution in [3.63, 3.8) is 0 Å². The highest BCUT2D eigenvalue weighted by Gasteiger charge is 2.36. The maximum absolute atomic E-state index is 11.9. The molecule has 0 saturated heterocycles. The van der Waals surface area contributed by atoms with Gasteiger partial charge in [-0.05, 0) is 36.8 Å². The summed E-state index contributed by atoms with van der Waals surface area (Å²) in [6, 6.07) is 27.8. The highest BCUT2D eigenvalue weighted by Crippen LogP contribution is 2.25. The third-order valence-corrected chi connectivity index (χ3v) is 5.01. The van der Waals surface area contributed by atoms with Gasteiger partial charge < -0.3 is 19.1 Å². The van der Waals surface area contributed by atoms with E-state index in [0.717, 1.165) is 16.8 Å². The third-order valence-electron chi connectivity index (χ3n) is 5.01. The van der Waals surface area contributed by atoms with Gasteiger partial charge in [0.2, 0.25) is 5.60 Å². The van der Waals surface area contributed by atoms with Crippen molar-refractivity contribution >= 4 is 5.97 Å². The number of aliphatic carboxylic acids is 1. The van der Waals surface area contributed by atoms with Crippen LogP contribution in [-0.2, 0) is 17.8 Å². The summed E-state index contributed by atoms with van der Waals surface area (Å²) in [7, 11) is 0. The lowest BCUT2D eigenvalue weighted by molar-refractivity contribution is -0.153. The normalized spacial score (nSPS) is 12.7. The molecule has 0 aliphatic carbocycles. The van der Waals surface area contributed by atoms with Gasteiger partial charge in [-0.25, -0.2) is 4.79 Å². The van der Waals surface area contributed by atoms with Gasteiger partial charge in [-0.15, -0.1) is 0 Å². The molecule has 4 rings (SSSR count). The first-order valence-corrected chi connectivity index (χ1v) is 10.2. The van der Waals surface area contributed by atoms with Crippen molar-refractivity contribution in [2.45, 2.75) is 25.6 Å². The fourth-order valence-electron chi connectivity index (χ4n) is 3.28. The van der Waals surface area contributed by atoms with Crippen LogP contribution in [0.25, 0.3) is 11.3 Å². The van der Waals surface area contributed by atoms with Crippen LogP contribution in [0.15, 0.2) is 95.5 Å². The summed E-state index contributed by atoms with van der Waals surface area (Å²) in [5.74, 6) is 0.746. The quantitative estimate of drug-likeness (QED) is 0.384. The van der Waals surface area contributed by atoms with Gasteiger partial charge in [0.1, 0.15) is 23.8 Å². The van der Waals surface area contributed by atoms with E-state index >= 15 is 0 Å². The van der Waals surface area contributed by atoms with E-state index in [2.05, 4.69) is 5.16 Å². The zero-order chi connectivity index (χ0) is 22.4. The van der Waals surface area contributed by atoms with Crippen LogP contribution in [0.4, 0.5) is 0 Å². The summed E-state index contributed by atoms with van der Waals surface area (Å²) in [5, 5.41) is 13.8. The molecule has 1 heterocycles. The Balaban J connectivity index is 1.37. The van der Waals surface area contributed by atoms with Gasteiger partial charge in [-0.1, -0.05) is 65.8 Å². The van der Waals surface area contributed by atoms with E-state index in [1.165, 1.54) is 0 Å². The van der Waals surface area contributed by atoms with E-state index in [1.807, 2.05) is 54.6 Å². The first kappa shape index (κ1) is 21.2. The number of carboxylic acid groups (broad SMARTS) is 1. The highest BCUT2D eigenvalue weighted by atomic mass is 16.5. The van der Waals surface area contributed by atoms with Crippen LogP contribution < -0.4 is 9.47 Å². The van der Waals surface area contributed by atoms with Crippen molar-refractivity contribution in [1.29, 1.82) is 0 Å². The lowest BCUT2D eigenvalue weighted by atomic mass is 9.96. The molecule has 0 radical (unpaired) electrons. The molecule has 6 nitrogen and oxygen atoms in total. The Hall–Kier alpha value is -4.06. The molecule has 1 atom stereocenters. The molecule has 0 aliphatic rings. The largest absolute Gasteiger partial charge is 0.486 e. The van der Waals surface area contributed by atoms with Crippen molar-refractivity contribution in [2.24, 2.45) is 0 Å². The molecule has 1 aromatic heterocycles. The summed E-state index contributed by atoms with van der Waals surface area (Å²) in [6.45, 7) is 1.81. The van der Waals surface area contributed by atoms with Gasteiger partial charge in [0.05, 0.1) is 0 Å². The topological polar surface area (TPSA) is 81.8 Å². The second-order valence-corrected chi connectivity index (χ2v) is 7.61. The summed E-state index contributed by atoms with van der Waals surface area (Å²) >= 11 is 0. The summed E-state index contributed by atoms with van der Waals surface area (Å²) < 4.78 is 16.9. The first-order valence-electron chi connectivity index (χ1n) is 10.2. The lowest BCUT2D eigenvalue weighted by Gasteiger charge is -2.26. The summed E-state index contributed by atoms with van der Waals surface area (Å²) in [5.41, 5.74) is 1.17. The predicted molar refractivity (Wildman–Crippen MR) is 120 cm³/mol. The smallest absolute Gasteiger partial charge is 0.348 e. The third kappa shape index (κ3) is 5.16. The average Bonchev–Trinajstić information content (AvgIpc) is 3.29. The van der Waals surface area contributed by atoms with E-state index in [0.29, 0.717) is 17.3 Å². The molecule has 4 aromatic rings. The van der Waals surface area contributed by atoms with E-state index in [9.17, 15) is 9.90 Å². The molecule has 6 heteroatoms. The van der Waals surface area contributed by atoms with Crippen LogP contribution in [0, 0.1) is 0 Å². The molecule has 0 spiro atoms. The molecule has 3 aromatic carbocycles. The lowest BCUT2D eigenvalue weighted by Crippen LogP contribution is -2.43. The van der Waals surface area contributed by atoms with E-state index in [4.69, 9.17) is 14.0 Å². The van der Waals surface area contributed by atoms with Crippen molar-refractivity contribution < 1.29 is 23.9 Å². The Morgan fingerprint density at radius 2 is 1.59 bits per heavy atom. The SMILES string of the molecule is CC(Cc1ccc(OCc2cc(-c3ccccc3)no2)cc1)(Oc1ccccc1)C(=O)O. The van der Waals surface area contributed by atoms with Crippen LogP contribution in [-0.4, -0.2) is 21.8 Å². The Kier molecular flexibility index (Phi) is 6.22. The first-order chi connectivity index (χ1) is 15.5. The number of benzene rings is 3. The number of carboxylic acids is 1. The number of hydrogen-bond donors (Lipinski definition) is 1. The number of rotatable bonds is 9. The second-order valence-electron chi connectivity index (χ2n) is 7.61. The van der Waals surface area contributed by atoms with Crippen LogP contribution in [0.3, 0.4) is 0 Å². The van der Waals surface area contributed by atoms with Gasteiger partial charge >= 0.3 is 5.97 Å². The molecular weight excluding hydrogens is 406 g/mol. The zero-order valence-electron chi connectivity index (χ0n) is 17.6. The molecule has 1 N–H and O–H groups in total.